The molecule has 0 N–H and O–H groups in total. The van der Waals surface area contributed by atoms with Crippen LogP contribution in [0, 0.1) is 10.1 Å². The first-order chi connectivity index (χ1) is 15.1. The van der Waals surface area contributed by atoms with Gasteiger partial charge in [-0.05, 0) is 53.8 Å². The summed E-state index contributed by atoms with van der Waals surface area (Å²) in [4.78, 5) is 29.3. The minimum Gasteiger partial charge on any atom is -0.450 e. The predicted molar refractivity (Wildman–Crippen MR) is 117 cm³/mol. The molecule has 2 aromatic carbocycles. The SMILES string of the molecule is CCOC(=O)N1CCc2ncccc2C1Cc1ccc(-c2ccc([N+](=O)[O-])cc2)cc1. The summed E-state index contributed by atoms with van der Waals surface area (Å²) in [5, 5.41) is 10.8. The van der Waals surface area contributed by atoms with Gasteiger partial charge in [0.2, 0.25) is 0 Å². The molecule has 0 saturated carbocycles. The number of aromatic nitrogens is 1. The van der Waals surface area contributed by atoms with E-state index in [4.69, 9.17) is 4.74 Å². The Bertz CT molecular complexity index is 1080. The van der Waals surface area contributed by atoms with Crippen molar-refractivity contribution in [3.63, 3.8) is 0 Å². The average Bonchev–Trinajstić information content (AvgIpc) is 2.80. The van der Waals surface area contributed by atoms with Gasteiger partial charge in [0.1, 0.15) is 0 Å². The quantitative estimate of drug-likeness (QED) is 0.433. The van der Waals surface area contributed by atoms with Gasteiger partial charge < -0.3 is 9.64 Å². The number of hydrogen-bond acceptors (Lipinski definition) is 5. The van der Waals surface area contributed by atoms with Crippen LogP contribution >= 0.6 is 0 Å². The number of non-ortho nitro benzene ring substituents is 1. The van der Waals surface area contributed by atoms with Crippen molar-refractivity contribution in [2.24, 2.45) is 0 Å². The predicted octanol–water partition coefficient (Wildman–Crippen LogP) is 4.96. The van der Waals surface area contributed by atoms with E-state index in [0.717, 1.165) is 27.9 Å². The highest BCUT2D eigenvalue weighted by Gasteiger charge is 2.32. The van der Waals surface area contributed by atoms with Gasteiger partial charge in [-0.2, -0.15) is 0 Å². The molecular weight excluding hydrogens is 394 g/mol. The maximum absolute atomic E-state index is 12.6. The van der Waals surface area contributed by atoms with E-state index < -0.39 is 4.92 Å². The van der Waals surface area contributed by atoms with Crippen molar-refractivity contribution in [2.45, 2.75) is 25.8 Å². The van der Waals surface area contributed by atoms with Crippen LogP contribution < -0.4 is 0 Å². The Balaban J connectivity index is 1.57. The van der Waals surface area contributed by atoms with Gasteiger partial charge in [0.05, 0.1) is 17.6 Å². The lowest BCUT2D eigenvalue weighted by atomic mass is 9.91. The van der Waals surface area contributed by atoms with Crippen molar-refractivity contribution in [2.75, 3.05) is 13.2 Å². The number of nitro groups is 1. The zero-order valence-corrected chi connectivity index (χ0v) is 17.2. The molecule has 1 aliphatic heterocycles. The van der Waals surface area contributed by atoms with Crippen LogP contribution in [0.15, 0.2) is 66.9 Å². The van der Waals surface area contributed by atoms with Crippen LogP contribution in [0.2, 0.25) is 0 Å². The molecule has 1 amide bonds. The van der Waals surface area contributed by atoms with Crippen molar-refractivity contribution in [1.82, 2.24) is 9.88 Å². The smallest absolute Gasteiger partial charge is 0.410 e. The van der Waals surface area contributed by atoms with Gasteiger partial charge in [-0.15, -0.1) is 0 Å². The second kappa shape index (κ2) is 8.95. The third-order valence-corrected chi connectivity index (χ3v) is 5.55. The van der Waals surface area contributed by atoms with Crippen LogP contribution in [0.4, 0.5) is 10.5 Å². The van der Waals surface area contributed by atoms with E-state index in [2.05, 4.69) is 4.98 Å². The number of ether oxygens (including phenoxy) is 1. The maximum atomic E-state index is 12.6. The summed E-state index contributed by atoms with van der Waals surface area (Å²) in [5.74, 6) is 0. The Morgan fingerprint density at radius 1 is 1.13 bits per heavy atom. The standard InChI is InChI=1S/C24H23N3O4/c1-2-31-24(28)26-15-13-22-21(4-3-14-25-22)23(26)16-17-5-7-18(8-6-17)19-9-11-20(12-10-19)27(29)30/h3-12,14,23H,2,13,15-16H2,1H3. The number of carbonyl (C=O) groups is 1. The van der Waals surface area contributed by atoms with Crippen LogP contribution in [0.3, 0.4) is 0 Å². The Labute approximate surface area is 180 Å². The number of rotatable bonds is 5. The highest BCUT2D eigenvalue weighted by Crippen LogP contribution is 2.32. The number of pyridine rings is 1. The molecule has 0 radical (unpaired) electrons. The Morgan fingerprint density at radius 2 is 1.81 bits per heavy atom. The molecule has 3 aromatic rings. The third-order valence-electron chi connectivity index (χ3n) is 5.55. The molecule has 1 atom stereocenters. The molecule has 0 bridgehead atoms. The van der Waals surface area contributed by atoms with E-state index >= 15 is 0 Å². The van der Waals surface area contributed by atoms with Crippen LogP contribution in [-0.2, 0) is 17.6 Å². The van der Waals surface area contributed by atoms with Gasteiger partial charge in [0.15, 0.2) is 0 Å². The summed E-state index contributed by atoms with van der Waals surface area (Å²) in [7, 11) is 0. The zero-order chi connectivity index (χ0) is 21.8. The lowest BCUT2D eigenvalue weighted by Gasteiger charge is -2.36. The van der Waals surface area contributed by atoms with Gasteiger partial charge in [-0.3, -0.25) is 15.1 Å². The maximum Gasteiger partial charge on any atom is 0.410 e. The second-order valence-electron chi connectivity index (χ2n) is 7.40. The highest BCUT2D eigenvalue weighted by atomic mass is 16.6. The molecule has 7 nitrogen and oxygen atoms in total. The molecule has 0 fully saturated rings. The fraction of sp³-hybridized carbons (Fsp3) is 0.250. The molecule has 1 aromatic heterocycles. The topological polar surface area (TPSA) is 85.6 Å². The van der Waals surface area contributed by atoms with Crippen LogP contribution in [0.25, 0.3) is 11.1 Å². The molecule has 0 spiro atoms. The minimum absolute atomic E-state index is 0.0731. The van der Waals surface area contributed by atoms with Crippen LogP contribution in [0.1, 0.15) is 29.8 Å². The van der Waals surface area contributed by atoms with E-state index in [1.807, 2.05) is 43.3 Å². The van der Waals surface area contributed by atoms with E-state index in [1.54, 1.807) is 23.2 Å². The number of benzene rings is 2. The molecule has 4 rings (SSSR count). The number of fused-ring (bicyclic) bond motifs is 1. The molecule has 158 valence electrons. The highest BCUT2D eigenvalue weighted by molar-refractivity contribution is 5.69. The first kappa shape index (κ1) is 20.5. The first-order valence-electron chi connectivity index (χ1n) is 10.3. The summed E-state index contributed by atoms with van der Waals surface area (Å²) in [6.07, 6.45) is 2.85. The van der Waals surface area contributed by atoms with E-state index in [-0.39, 0.29) is 17.8 Å². The normalized spacial score (nSPS) is 15.3. The van der Waals surface area contributed by atoms with Crippen molar-refractivity contribution in [1.29, 1.82) is 0 Å². The summed E-state index contributed by atoms with van der Waals surface area (Å²) >= 11 is 0. The van der Waals surface area contributed by atoms with Gasteiger partial charge >= 0.3 is 6.09 Å². The number of nitro benzene ring substituents is 1. The van der Waals surface area contributed by atoms with Gasteiger partial charge in [0.25, 0.3) is 5.69 Å². The van der Waals surface area contributed by atoms with Crippen molar-refractivity contribution in [3.8, 4) is 11.1 Å². The molecular formula is C24H23N3O4. The average molecular weight is 417 g/mol. The van der Waals surface area contributed by atoms with Gasteiger partial charge in [-0.1, -0.05) is 30.3 Å². The van der Waals surface area contributed by atoms with Crippen molar-refractivity contribution in [3.05, 3.63) is 93.8 Å². The van der Waals surface area contributed by atoms with Gasteiger partial charge in [0, 0.05) is 37.0 Å². The fourth-order valence-electron chi connectivity index (χ4n) is 3.99. The Morgan fingerprint density at radius 3 is 2.45 bits per heavy atom. The van der Waals surface area contributed by atoms with E-state index in [9.17, 15) is 14.9 Å². The third kappa shape index (κ3) is 4.40. The van der Waals surface area contributed by atoms with Crippen molar-refractivity contribution >= 4 is 11.8 Å². The molecule has 0 saturated heterocycles. The Hall–Kier alpha value is -3.74. The summed E-state index contributed by atoms with van der Waals surface area (Å²) in [6.45, 7) is 2.73. The van der Waals surface area contributed by atoms with Crippen LogP contribution in [0.5, 0.6) is 0 Å². The second-order valence-corrected chi connectivity index (χ2v) is 7.40. The van der Waals surface area contributed by atoms with Crippen molar-refractivity contribution < 1.29 is 14.5 Å². The molecule has 0 aliphatic carbocycles. The molecule has 2 heterocycles. The zero-order valence-electron chi connectivity index (χ0n) is 17.2. The number of amides is 1. The fourth-order valence-corrected chi connectivity index (χ4v) is 3.99. The largest absolute Gasteiger partial charge is 0.450 e. The van der Waals surface area contributed by atoms with Gasteiger partial charge in [-0.25, -0.2) is 4.79 Å². The summed E-state index contributed by atoms with van der Waals surface area (Å²) in [5.41, 5.74) is 5.13. The van der Waals surface area contributed by atoms with E-state index in [1.165, 1.54) is 12.1 Å². The van der Waals surface area contributed by atoms with E-state index in [0.29, 0.717) is 26.0 Å². The van der Waals surface area contributed by atoms with Crippen LogP contribution in [-0.4, -0.2) is 34.1 Å². The number of carbonyl (C=O) groups excluding carboxylic acids is 1. The molecule has 1 unspecified atom stereocenters. The summed E-state index contributed by atoms with van der Waals surface area (Å²) in [6, 6.07) is 18.4. The molecule has 7 heteroatoms. The minimum atomic E-state index is -0.404. The number of nitrogens with zero attached hydrogens (tertiary/aromatic N) is 3. The number of hydrogen-bond donors (Lipinski definition) is 0. The molecule has 1 aliphatic rings. The molecule has 31 heavy (non-hydrogen) atoms. The lowest BCUT2D eigenvalue weighted by Crippen LogP contribution is -2.41. The summed E-state index contributed by atoms with van der Waals surface area (Å²) < 4.78 is 5.29. The first-order valence-corrected chi connectivity index (χ1v) is 10.3. The Kier molecular flexibility index (Phi) is 5.93. The monoisotopic (exact) mass is 417 g/mol. The lowest BCUT2D eigenvalue weighted by molar-refractivity contribution is -0.384.